The second kappa shape index (κ2) is 9.94. The van der Waals surface area contributed by atoms with Crippen LogP contribution >= 0.6 is 0 Å². The summed E-state index contributed by atoms with van der Waals surface area (Å²) in [6, 6.07) is 14.5. The molecular formula is C33H28FN5O4. The molecule has 2 saturated heterocycles. The van der Waals surface area contributed by atoms with Gasteiger partial charge in [-0.3, -0.25) is 9.59 Å². The van der Waals surface area contributed by atoms with Crippen molar-refractivity contribution in [2.24, 2.45) is 0 Å². The minimum atomic E-state index is -0.461. The predicted molar refractivity (Wildman–Crippen MR) is 159 cm³/mol. The highest BCUT2D eigenvalue weighted by molar-refractivity contribution is 6.22. The zero-order valence-corrected chi connectivity index (χ0v) is 23.6. The van der Waals surface area contributed by atoms with E-state index in [9.17, 15) is 18.8 Å². The van der Waals surface area contributed by atoms with Gasteiger partial charge in [0.25, 0.3) is 5.91 Å². The van der Waals surface area contributed by atoms with Crippen LogP contribution < -0.4 is 15.4 Å². The quantitative estimate of drug-likeness (QED) is 0.231. The molecule has 3 aliphatic rings. The molecule has 3 heterocycles. The van der Waals surface area contributed by atoms with E-state index < -0.39 is 5.82 Å². The molecule has 2 N–H and O–H groups in total. The molecule has 0 bridgehead atoms. The van der Waals surface area contributed by atoms with Crippen LogP contribution in [0.5, 0.6) is 11.5 Å². The fourth-order valence-electron chi connectivity index (χ4n) is 6.21. The van der Waals surface area contributed by atoms with Crippen LogP contribution in [0.15, 0.2) is 66.4 Å². The molecule has 0 saturated carbocycles. The number of hydrogen-bond acceptors (Lipinski definition) is 6. The number of aromatic nitrogens is 2. The van der Waals surface area contributed by atoms with Gasteiger partial charge >= 0.3 is 6.03 Å². The summed E-state index contributed by atoms with van der Waals surface area (Å²) in [5, 5.41) is 4.40. The predicted octanol–water partition coefficient (Wildman–Crippen LogP) is 5.76. The zero-order valence-electron chi connectivity index (χ0n) is 23.6. The third kappa shape index (κ3) is 4.29. The number of nitrogens with two attached hydrogens (primary N) is 1. The van der Waals surface area contributed by atoms with Crippen LogP contribution in [0, 0.1) is 19.7 Å². The van der Waals surface area contributed by atoms with E-state index in [-0.39, 0.29) is 40.9 Å². The summed E-state index contributed by atoms with van der Waals surface area (Å²) < 4.78 is 21.2. The van der Waals surface area contributed by atoms with Crippen LogP contribution in [-0.4, -0.2) is 45.0 Å². The van der Waals surface area contributed by atoms with Crippen LogP contribution in [-0.2, 0) is 11.2 Å². The number of carbonyl (C=O) groups excluding carboxylic acids is 3. The van der Waals surface area contributed by atoms with E-state index in [4.69, 9.17) is 10.5 Å². The number of halogens is 1. The van der Waals surface area contributed by atoms with Crippen molar-refractivity contribution in [3.8, 4) is 17.2 Å². The van der Waals surface area contributed by atoms with E-state index in [1.54, 1.807) is 41.3 Å². The number of fused-ring (bicyclic) bond motifs is 2. The average Bonchev–Trinajstić information content (AvgIpc) is 3.76. The van der Waals surface area contributed by atoms with Gasteiger partial charge in [-0.25, -0.2) is 18.8 Å². The molecule has 1 aromatic heterocycles. The summed E-state index contributed by atoms with van der Waals surface area (Å²) in [7, 11) is 0. The number of ketones is 1. The largest absolute Gasteiger partial charge is 0.454 e. The van der Waals surface area contributed by atoms with Gasteiger partial charge in [0.1, 0.15) is 17.6 Å². The minimum absolute atomic E-state index is 0.119. The van der Waals surface area contributed by atoms with Crippen LogP contribution in [0.4, 0.5) is 20.7 Å². The Bertz CT molecular complexity index is 1870. The smallest absolute Gasteiger partial charge is 0.332 e. The molecule has 2 fully saturated rings. The molecule has 0 radical (unpaired) electrons. The first-order valence-electron chi connectivity index (χ1n) is 14.1. The highest BCUT2D eigenvalue weighted by Gasteiger charge is 2.48. The van der Waals surface area contributed by atoms with E-state index in [0.717, 1.165) is 28.7 Å². The third-order valence-electron chi connectivity index (χ3n) is 8.41. The van der Waals surface area contributed by atoms with Gasteiger partial charge in [-0.15, -0.1) is 0 Å². The first-order valence-corrected chi connectivity index (χ1v) is 14.1. The summed E-state index contributed by atoms with van der Waals surface area (Å²) in [5.41, 5.74) is 11.8. The van der Waals surface area contributed by atoms with Crippen molar-refractivity contribution >= 4 is 35.3 Å². The highest BCUT2D eigenvalue weighted by atomic mass is 19.1. The number of benzene rings is 3. The maximum atomic E-state index is 14.0. The number of anilines is 2. The summed E-state index contributed by atoms with van der Waals surface area (Å²) in [6.45, 7) is 4.31. The lowest BCUT2D eigenvalue weighted by Gasteiger charge is -2.19. The van der Waals surface area contributed by atoms with Crippen LogP contribution in [0.1, 0.15) is 45.5 Å². The molecular weight excluding hydrogens is 549 g/mol. The molecule has 4 aromatic rings. The monoisotopic (exact) mass is 577 g/mol. The van der Waals surface area contributed by atoms with Crippen LogP contribution in [0.2, 0.25) is 0 Å². The molecule has 9 nitrogen and oxygen atoms in total. The average molecular weight is 578 g/mol. The lowest BCUT2D eigenvalue weighted by molar-refractivity contribution is -0.119. The number of allylic oxidation sites excluding steroid dienone is 1. The van der Waals surface area contributed by atoms with Gasteiger partial charge in [-0.05, 0) is 97.5 Å². The number of para-hydroxylation sites is 1. The van der Waals surface area contributed by atoms with Gasteiger partial charge in [0.15, 0.2) is 17.3 Å². The van der Waals surface area contributed by atoms with Gasteiger partial charge in [-0.1, -0.05) is 12.1 Å². The first kappa shape index (κ1) is 26.6. The van der Waals surface area contributed by atoms with Crippen molar-refractivity contribution in [1.29, 1.82) is 0 Å². The molecule has 7 rings (SSSR count). The third-order valence-corrected chi connectivity index (χ3v) is 8.41. The summed E-state index contributed by atoms with van der Waals surface area (Å²) in [6.07, 6.45) is 5.15. The normalized spacial score (nSPS) is 17.4. The second-order valence-corrected chi connectivity index (χ2v) is 11.2. The van der Waals surface area contributed by atoms with Gasteiger partial charge in [0.05, 0.1) is 23.1 Å². The minimum Gasteiger partial charge on any atom is -0.454 e. The molecule has 10 heteroatoms. The van der Waals surface area contributed by atoms with E-state index in [1.165, 1.54) is 21.8 Å². The summed E-state index contributed by atoms with van der Waals surface area (Å²) in [5.74, 6) is -0.126. The topological polar surface area (TPSA) is 111 Å². The van der Waals surface area contributed by atoms with Crippen molar-refractivity contribution < 1.29 is 23.5 Å². The Morgan fingerprint density at radius 2 is 1.84 bits per heavy atom. The van der Waals surface area contributed by atoms with E-state index >= 15 is 0 Å². The Labute approximate surface area is 247 Å². The van der Waals surface area contributed by atoms with E-state index in [1.807, 2.05) is 32.1 Å². The van der Waals surface area contributed by atoms with Gasteiger partial charge in [0, 0.05) is 18.5 Å². The molecule has 2 aliphatic heterocycles. The Kier molecular flexibility index (Phi) is 6.16. The first-order chi connectivity index (χ1) is 20.7. The number of nitrogen functional groups attached to an aromatic ring is 1. The number of rotatable bonds is 6. The fraction of sp³-hybridized carbons (Fsp3) is 0.212. The van der Waals surface area contributed by atoms with Crippen molar-refractivity contribution in [2.45, 2.75) is 39.2 Å². The Morgan fingerprint density at radius 1 is 1.05 bits per heavy atom. The molecule has 1 aliphatic carbocycles. The molecule has 43 heavy (non-hydrogen) atoms. The van der Waals surface area contributed by atoms with E-state index in [0.29, 0.717) is 42.1 Å². The zero-order chi connectivity index (χ0) is 30.0. The van der Waals surface area contributed by atoms with Crippen molar-refractivity contribution in [2.75, 3.05) is 17.2 Å². The van der Waals surface area contributed by atoms with Crippen molar-refractivity contribution in [3.63, 3.8) is 0 Å². The number of ether oxygens (including phenoxy) is 1. The van der Waals surface area contributed by atoms with Gasteiger partial charge < -0.3 is 15.4 Å². The van der Waals surface area contributed by atoms with E-state index in [2.05, 4.69) is 5.10 Å². The second-order valence-electron chi connectivity index (χ2n) is 11.2. The standard InChI is InChI=1S/C33H28FN5O4/c1-18-12-20-14-22(15-21(20)16-28(18)38-32(41)27-7-5-11-37(27)33(38)42)30(40)24-17-36-39(31(24)35)26-10-9-23(13-19(26)2)43-29-8-4-3-6-25(29)34/h3-4,6,8-10,12-14,16-17,27H,5,7,11,15,35H2,1-2H3/t27-/m0/s1. The maximum absolute atomic E-state index is 14.0. The Balaban J connectivity index is 1.11. The summed E-state index contributed by atoms with van der Waals surface area (Å²) >= 11 is 0. The summed E-state index contributed by atoms with van der Waals surface area (Å²) in [4.78, 5) is 42.6. The number of nitrogens with zero attached hydrogens (tertiary/aromatic N) is 4. The molecule has 3 aromatic carbocycles. The highest BCUT2D eigenvalue weighted by Crippen LogP contribution is 2.38. The van der Waals surface area contributed by atoms with Gasteiger partial charge in [-0.2, -0.15) is 5.10 Å². The Morgan fingerprint density at radius 3 is 2.60 bits per heavy atom. The molecule has 3 amide bonds. The number of Topliss-reactive ketones (excluding diaryl/α,β-unsaturated/α-hetero) is 1. The number of amides is 3. The number of urea groups is 1. The van der Waals surface area contributed by atoms with Crippen molar-refractivity contribution in [1.82, 2.24) is 14.7 Å². The van der Waals surface area contributed by atoms with Gasteiger partial charge in [0.2, 0.25) is 0 Å². The number of hydrogen-bond donors (Lipinski definition) is 1. The molecule has 0 spiro atoms. The number of carbonyl (C=O) groups is 3. The molecule has 1 atom stereocenters. The molecule has 216 valence electrons. The maximum Gasteiger partial charge on any atom is 0.332 e. The Hall–Kier alpha value is -5.25. The van der Waals surface area contributed by atoms with Crippen molar-refractivity contribution in [3.05, 3.63) is 100 Å². The number of aryl methyl sites for hydroxylation is 2. The molecule has 0 unspecified atom stereocenters. The lowest BCUT2D eigenvalue weighted by atomic mass is 10.0. The lowest BCUT2D eigenvalue weighted by Crippen LogP contribution is -2.33. The van der Waals surface area contributed by atoms with Crippen LogP contribution in [0.25, 0.3) is 11.8 Å². The van der Waals surface area contributed by atoms with Crippen LogP contribution in [0.3, 0.4) is 0 Å². The fourth-order valence-corrected chi connectivity index (χ4v) is 6.21. The SMILES string of the molecule is Cc1cc2c(cc1N1C(=O)[C@@H]3CCCN3C1=O)CC(C(=O)c1cnn(-c3ccc(Oc4ccccc4F)cc3C)c1N)=C2. The number of imide groups is 1.